The third-order valence-electron chi connectivity index (χ3n) is 3.66. The van der Waals surface area contributed by atoms with Gasteiger partial charge in [-0.1, -0.05) is 44.2 Å². The standard InChI is InChI=1S/C19H22N2/c1-3-11-21-19(4-2)18-10-6-9-17(13-18)16-8-5-7-15(12-16)14-20/h5-10,12-13,19,21H,3-4,11H2,1-2H3. The molecule has 0 radical (unpaired) electrons. The van der Waals surface area contributed by atoms with E-state index >= 15 is 0 Å². The molecule has 0 spiro atoms. The molecule has 1 unspecified atom stereocenters. The summed E-state index contributed by atoms with van der Waals surface area (Å²) in [5, 5.41) is 12.6. The van der Waals surface area contributed by atoms with Gasteiger partial charge in [0.2, 0.25) is 0 Å². The maximum absolute atomic E-state index is 9.03. The molecule has 0 aromatic heterocycles. The van der Waals surface area contributed by atoms with E-state index in [9.17, 15) is 0 Å². The molecule has 0 amide bonds. The number of nitrogens with zero attached hydrogens (tertiary/aromatic N) is 1. The van der Waals surface area contributed by atoms with E-state index < -0.39 is 0 Å². The molecular weight excluding hydrogens is 256 g/mol. The van der Waals surface area contributed by atoms with E-state index in [0.29, 0.717) is 11.6 Å². The quantitative estimate of drug-likeness (QED) is 0.833. The predicted octanol–water partition coefficient (Wildman–Crippen LogP) is 4.68. The Morgan fingerprint density at radius 2 is 1.76 bits per heavy atom. The molecule has 1 N–H and O–H groups in total. The maximum atomic E-state index is 9.03. The molecule has 0 aliphatic carbocycles. The van der Waals surface area contributed by atoms with E-state index in [4.69, 9.17) is 5.26 Å². The van der Waals surface area contributed by atoms with E-state index in [2.05, 4.69) is 55.6 Å². The van der Waals surface area contributed by atoms with Gasteiger partial charge in [-0.05, 0) is 54.3 Å². The summed E-state index contributed by atoms with van der Waals surface area (Å²) in [7, 11) is 0. The summed E-state index contributed by atoms with van der Waals surface area (Å²) in [5.74, 6) is 0. The zero-order valence-corrected chi connectivity index (χ0v) is 12.8. The van der Waals surface area contributed by atoms with Crippen molar-refractivity contribution in [2.45, 2.75) is 32.7 Å². The van der Waals surface area contributed by atoms with Crippen LogP contribution in [0.1, 0.15) is 43.9 Å². The zero-order valence-electron chi connectivity index (χ0n) is 12.8. The van der Waals surface area contributed by atoms with Crippen LogP contribution in [0.3, 0.4) is 0 Å². The van der Waals surface area contributed by atoms with E-state index in [-0.39, 0.29) is 0 Å². The van der Waals surface area contributed by atoms with Gasteiger partial charge in [0.1, 0.15) is 0 Å². The number of hydrogen-bond donors (Lipinski definition) is 1. The van der Waals surface area contributed by atoms with Crippen LogP contribution in [0.15, 0.2) is 48.5 Å². The summed E-state index contributed by atoms with van der Waals surface area (Å²) in [6, 6.07) is 19.0. The molecule has 2 aromatic rings. The van der Waals surface area contributed by atoms with Gasteiger partial charge in [0.25, 0.3) is 0 Å². The van der Waals surface area contributed by atoms with Gasteiger partial charge in [-0.25, -0.2) is 0 Å². The molecule has 2 aromatic carbocycles. The monoisotopic (exact) mass is 278 g/mol. The van der Waals surface area contributed by atoms with Crippen LogP contribution in [-0.4, -0.2) is 6.54 Å². The van der Waals surface area contributed by atoms with Crippen molar-refractivity contribution in [2.75, 3.05) is 6.54 Å². The summed E-state index contributed by atoms with van der Waals surface area (Å²) in [5.41, 5.74) is 4.28. The van der Waals surface area contributed by atoms with Gasteiger partial charge in [-0.15, -0.1) is 0 Å². The fraction of sp³-hybridized carbons (Fsp3) is 0.316. The average molecular weight is 278 g/mol. The van der Waals surface area contributed by atoms with E-state index in [1.165, 1.54) is 11.1 Å². The lowest BCUT2D eigenvalue weighted by Gasteiger charge is -2.18. The predicted molar refractivity (Wildman–Crippen MR) is 87.9 cm³/mol. The average Bonchev–Trinajstić information content (AvgIpc) is 2.56. The van der Waals surface area contributed by atoms with E-state index in [1.807, 2.05) is 18.2 Å². The summed E-state index contributed by atoms with van der Waals surface area (Å²) in [6.45, 7) is 5.42. The lowest BCUT2D eigenvalue weighted by molar-refractivity contribution is 0.518. The largest absolute Gasteiger partial charge is 0.310 e. The van der Waals surface area contributed by atoms with E-state index in [1.54, 1.807) is 0 Å². The molecule has 0 fully saturated rings. The van der Waals surface area contributed by atoms with Crippen LogP contribution in [0.25, 0.3) is 11.1 Å². The highest BCUT2D eigenvalue weighted by Gasteiger charge is 2.09. The third-order valence-corrected chi connectivity index (χ3v) is 3.66. The number of benzene rings is 2. The Kier molecular flexibility index (Phi) is 5.54. The minimum atomic E-state index is 0.393. The molecule has 0 heterocycles. The van der Waals surface area contributed by atoms with Crippen molar-refractivity contribution < 1.29 is 0 Å². The summed E-state index contributed by atoms with van der Waals surface area (Å²) in [6.07, 6.45) is 2.21. The number of nitriles is 1. The second kappa shape index (κ2) is 7.61. The molecule has 2 rings (SSSR count). The Morgan fingerprint density at radius 3 is 2.43 bits per heavy atom. The second-order valence-corrected chi connectivity index (χ2v) is 5.23. The van der Waals surface area contributed by atoms with Crippen LogP contribution in [0, 0.1) is 11.3 Å². The first-order valence-corrected chi connectivity index (χ1v) is 7.62. The highest BCUT2D eigenvalue weighted by Crippen LogP contribution is 2.25. The highest BCUT2D eigenvalue weighted by molar-refractivity contribution is 5.66. The minimum absolute atomic E-state index is 0.393. The smallest absolute Gasteiger partial charge is 0.0991 e. The van der Waals surface area contributed by atoms with Crippen molar-refractivity contribution in [1.82, 2.24) is 5.32 Å². The fourth-order valence-electron chi connectivity index (χ4n) is 2.52. The highest BCUT2D eigenvalue weighted by atomic mass is 14.9. The topological polar surface area (TPSA) is 35.8 Å². The lowest BCUT2D eigenvalue weighted by Crippen LogP contribution is -2.21. The Morgan fingerprint density at radius 1 is 1.05 bits per heavy atom. The van der Waals surface area contributed by atoms with E-state index in [0.717, 1.165) is 24.9 Å². The van der Waals surface area contributed by atoms with Gasteiger partial charge in [0, 0.05) is 6.04 Å². The maximum Gasteiger partial charge on any atom is 0.0991 e. The summed E-state index contributed by atoms with van der Waals surface area (Å²) >= 11 is 0. The first-order chi connectivity index (χ1) is 10.3. The molecule has 0 aliphatic rings. The first-order valence-electron chi connectivity index (χ1n) is 7.62. The molecule has 2 heteroatoms. The SMILES string of the molecule is CCCNC(CC)c1cccc(-c2cccc(C#N)c2)c1. The molecule has 0 aliphatic heterocycles. The Bertz CT molecular complexity index is 625. The molecule has 0 saturated heterocycles. The molecule has 0 bridgehead atoms. The van der Waals surface area contributed by atoms with Gasteiger partial charge >= 0.3 is 0 Å². The zero-order chi connectivity index (χ0) is 15.1. The van der Waals surface area contributed by atoms with Crippen molar-refractivity contribution in [3.05, 3.63) is 59.7 Å². The van der Waals surface area contributed by atoms with Gasteiger partial charge in [0.15, 0.2) is 0 Å². The molecule has 2 nitrogen and oxygen atoms in total. The Balaban J connectivity index is 2.30. The van der Waals surface area contributed by atoms with Gasteiger partial charge < -0.3 is 5.32 Å². The number of nitrogens with one attached hydrogen (secondary N) is 1. The van der Waals surface area contributed by atoms with Crippen LogP contribution in [0.4, 0.5) is 0 Å². The van der Waals surface area contributed by atoms with Crippen LogP contribution < -0.4 is 5.32 Å². The molecule has 1 atom stereocenters. The number of rotatable bonds is 6. The molecule has 21 heavy (non-hydrogen) atoms. The molecule has 108 valence electrons. The molecular formula is C19H22N2. The van der Waals surface area contributed by atoms with Crippen molar-refractivity contribution in [2.24, 2.45) is 0 Å². The molecule has 0 saturated carbocycles. The Labute approximate surface area is 127 Å². The normalized spacial score (nSPS) is 11.9. The second-order valence-electron chi connectivity index (χ2n) is 5.23. The minimum Gasteiger partial charge on any atom is -0.310 e. The van der Waals surface area contributed by atoms with Crippen molar-refractivity contribution in [3.8, 4) is 17.2 Å². The van der Waals surface area contributed by atoms with Crippen molar-refractivity contribution in [3.63, 3.8) is 0 Å². The van der Waals surface area contributed by atoms with Crippen LogP contribution >= 0.6 is 0 Å². The van der Waals surface area contributed by atoms with Gasteiger partial charge in [-0.2, -0.15) is 5.26 Å². The lowest BCUT2D eigenvalue weighted by atomic mass is 9.97. The fourth-order valence-corrected chi connectivity index (χ4v) is 2.52. The number of hydrogen-bond acceptors (Lipinski definition) is 2. The third kappa shape index (κ3) is 3.93. The van der Waals surface area contributed by atoms with Crippen molar-refractivity contribution in [1.29, 1.82) is 5.26 Å². The summed E-state index contributed by atoms with van der Waals surface area (Å²) < 4.78 is 0. The van der Waals surface area contributed by atoms with Gasteiger partial charge in [-0.3, -0.25) is 0 Å². The Hall–Kier alpha value is -2.11. The van der Waals surface area contributed by atoms with Crippen molar-refractivity contribution >= 4 is 0 Å². The van der Waals surface area contributed by atoms with Gasteiger partial charge in [0.05, 0.1) is 11.6 Å². The first kappa shape index (κ1) is 15.3. The van der Waals surface area contributed by atoms with Crippen LogP contribution in [0.2, 0.25) is 0 Å². The van der Waals surface area contributed by atoms with Crippen LogP contribution in [-0.2, 0) is 0 Å². The van der Waals surface area contributed by atoms with Crippen LogP contribution in [0.5, 0.6) is 0 Å². The summed E-state index contributed by atoms with van der Waals surface area (Å²) in [4.78, 5) is 0.